The molecule has 5 heteroatoms. The van der Waals surface area contributed by atoms with Crippen molar-refractivity contribution in [2.75, 3.05) is 5.32 Å². The maximum atomic E-state index is 4.30. The standard InChI is InChI=1S/C11H14BrN3S/c1-8(2)14-11-13-5-6-15(11)7-9-3-4-10(12)16-9/h3-6,8H,7H2,1-2H3,(H,13,14). The van der Waals surface area contributed by atoms with Crippen molar-refractivity contribution in [3.63, 3.8) is 0 Å². The largest absolute Gasteiger partial charge is 0.353 e. The molecule has 0 aliphatic rings. The summed E-state index contributed by atoms with van der Waals surface area (Å²) in [7, 11) is 0. The van der Waals surface area contributed by atoms with Crippen LogP contribution in [0.1, 0.15) is 18.7 Å². The summed E-state index contributed by atoms with van der Waals surface area (Å²) in [6.45, 7) is 5.09. The van der Waals surface area contributed by atoms with Gasteiger partial charge in [-0.3, -0.25) is 0 Å². The Morgan fingerprint density at radius 3 is 2.94 bits per heavy atom. The highest BCUT2D eigenvalue weighted by Gasteiger charge is 2.05. The minimum Gasteiger partial charge on any atom is -0.353 e. The van der Waals surface area contributed by atoms with E-state index < -0.39 is 0 Å². The Morgan fingerprint density at radius 1 is 1.50 bits per heavy atom. The second kappa shape index (κ2) is 5.01. The highest BCUT2D eigenvalue weighted by molar-refractivity contribution is 9.11. The monoisotopic (exact) mass is 299 g/mol. The minimum atomic E-state index is 0.399. The minimum absolute atomic E-state index is 0.399. The Bertz CT molecular complexity index is 461. The van der Waals surface area contributed by atoms with Crippen LogP contribution in [0.25, 0.3) is 0 Å². The van der Waals surface area contributed by atoms with Gasteiger partial charge in [-0.1, -0.05) is 0 Å². The van der Waals surface area contributed by atoms with Gasteiger partial charge in [0.05, 0.1) is 10.3 Å². The first-order valence-corrected chi connectivity index (χ1v) is 6.78. The maximum absolute atomic E-state index is 4.30. The van der Waals surface area contributed by atoms with Gasteiger partial charge in [0.1, 0.15) is 0 Å². The van der Waals surface area contributed by atoms with Crippen LogP contribution in [0.15, 0.2) is 28.3 Å². The summed E-state index contributed by atoms with van der Waals surface area (Å²) in [5.74, 6) is 0.930. The topological polar surface area (TPSA) is 29.9 Å². The molecule has 0 atom stereocenters. The van der Waals surface area contributed by atoms with Crippen molar-refractivity contribution in [1.82, 2.24) is 9.55 Å². The Balaban J connectivity index is 2.12. The molecule has 0 saturated carbocycles. The number of nitrogens with zero attached hydrogens (tertiary/aromatic N) is 2. The molecule has 86 valence electrons. The molecule has 0 aromatic carbocycles. The van der Waals surface area contributed by atoms with Gasteiger partial charge in [0, 0.05) is 23.3 Å². The molecule has 0 saturated heterocycles. The molecular weight excluding hydrogens is 286 g/mol. The zero-order chi connectivity index (χ0) is 11.5. The van der Waals surface area contributed by atoms with Crippen LogP contribution >= 0.6 is 27.3 Å². The number of rotatable bonds is 4. The van der Waals surface area contributed by atoms with E-state index in [2.05, 4.69) is 56.8 Å². The molecule has 0 aliphatic heterocycles. The van der Waals surface area contributed by atoms with Crippen LogP contribution in [0.4, 0.5) is 5.95 Å². The molecule has 2 aromatic heterocycles. The third-order valence-electron chi connectivity index (χ3n) is 2.09. The summed E-state index contributed by atoms with van der Waals surface area (Å²) in [4.78, 5) is 5.62. The Labute approximate surface area is 108 Å². The molecule has 3 nitrogen and oxygen atoms in total. The van der Waals surface area contributed by atoms with Gasteiger partial charge < -0.3 is 9.88 Å². The van der Waals surface area contributed by atoms with Crippen LogP contribution in [0.2, 0.25) is 0 Å². The Morgan fingerprint density at radius 2 is 2.31 bits per heavy atom. The van der Waals surface area contributed by atoms with Gasteiger partial charge in [-0.25, -0.2) is 4.98 Å². The first-order chi connectivity index (χ1) is 7.65. The third kappa shape index (κ3) is 2.86. The van der Waals surface area contributed by atoms with E-state index in [-0.39, 0.29) is 0 Å². The SMILES string of the molecule is CC(C)Nc1nccn1Cc1ccc(Br)s1. The predicted molar refractivity (Wildman–Crippen MR) is 72.1 cm³/mol. The van der Waals surface area contributed by atoms with Crippen molar-refractivity contribution < 1.29 is 0 Å². The van der Waals surface area contributed by atoms with E-state index in [1.165, 1.54) is 8.66 Å². The molecule has 0 fully saturated rings. The lowest BCUT2D eigenvalue weighted by Gasteiger charge is -2.11. The molecular formula is C11H14BrN3S. The third-order valence-corrected chi connectivity index (χ3v) is 3.70. The predicted octanol–water partition coefficient (Wildman–Crippen LogP) is 3.58. The summed E-state index contributed by atoms with van der Waals surface area (Å²) in [6, 6.07) is 4.61. The fourth-order valence-corrected chi connectivity index (χ4v) is 2.92. The van der Waals surface area contributed by atoms with Gasteiger partial charge >= 0.3 is 0 Å². The van der Waals surface area contributed by atoms with Crippen molar-refractivity contribution in [1.29, 1.82) is 0 Å². The van der Waals surface area contributed by atoms with Gasteiger partial charge in [-0.15, -0.1) is 11.3 Å². The lowest BCUT2D eigenvalue weighted by atomic mass is 10.4. The fraction of sp³-hybridized carbons (Fsp3) is 0.364. The molecule has 2 aromatic rings. The number of thiophene rings is 1. The maximum Gasteiger partial charge on any atom is 0.203 e. The van der Waals surface area contributed by atoms with Crippen molar-refractivity contribution in [2.45, 2.75) is 26.4 Å². The second-order valence-corrected chi connectivity index (χ2v) is 6.43. The van der Waals surface area contributed by atoms with E-state index in [0.717, 1.165) is 12.5 Å². The number of nitrogens with one attached hydrogen (secondary N) is 1. The lowest BCUT2D eigenvalue weighted by molar-refractivity contribution is 0.782. The summed E-state index contributed by atoms with van der Waals surface area (Å²) in [5.41, 5.74) is 0. The van der Waals surface area contributed by atoms with E-state index >= 15 is 0 Å². The first kappa shape index (κ1) is 11.7. The van der Waals surface area contributed by atoms with Crippen LogP contribution in [0, 0.1) is 0 Å². The van der Waals surface area contributed by atoms with Gasteiger partial charge in [0.15, 0.2) is 0 Å². The van der Waals surface area contributed by atoms with Gasteiger partial charge in [-0.2, -0.15) is 0 Å². The van der Waals surface area contributed by atoms with Crippen LogP contribution in [-0.2, 0) is 6.54 Å². The van der Waals surface area contributed by atoms with E-state index in [1.54, 1.807) is 11.3 Å². The molecule has 16 heavy (non-hydrogen) atoms. The summed E-state index contributed by atoms with van der Waals surface area (Å²) in [5, 5.41) is 3.33. The van der Waals surface area contributed by atoms with Crippen molar-refractivity contribution in [3.05, 3.63) is 33.2 Å². The molecule has 0 radical (unpaired) electrons. The number of halogens is 1. The van der Waals surface area contributed by atoms with E-state index in [1.807, 2.05) is 12.4 Å². The average molecular weight is 300 g/mol. The normalized spacial score (nSPS) is 11.0. The zero-order valence-electron chi connectivity index (χ0n) is 9.27. The lowest BCUT2D eigenvalue weighted by Crippen LogP contribution is -2.14. The molecule has 1 N–H and O–H groups in total. The number of hydrogen-bond donors (Lipinski definition) is 1. The van der Waals surface area contributed by atoms with Crippen LogP contribution in [0.5, 0.6) is 0 Å². The molecule has 2 heterocycles. The number of aromatic nitrogens is 2. The average Bonchev–Trinajstić information content (AvgIpc) is 2.77. The van der Waals surface area contributed by atoms with E-state index in [9.17, 15) is 0 Å². The summed E-state index contributed by atoms with van der Waals surface area (Å²) in [6.07, 6.45) is 3.83. The van der Waals surface area contributed by atoms with Gasteiger partial charge in [0.25, 0.3) is 0 Å². The van der Waals surface area contributed by atoms with Crippen LogP contribution in [0.3, 0.4) is 0 Å². The van der Waals surface area contributed by atoms with Crippen LogP contribution < -0.4 is 5.32 Å². The number of imidazole rings is 1. The molecule has 2 rings (SSSR count). The Kier molecular flexibility index (Phi) is 3.66. The smallest absolute Gasteiger partial charge is 0.203 e. The molecule has 0 amide bonds. The molecule has 0 spiro atoms. The molecule has 0 aliphatic carbocycles. The van der Waals surface area contributed by atoms with Gasteiger partial charge in [0.2, 0.25) is 5.95 Å². The Hall–Kier alpha value is -0.810. The zero-order valence-corrected chi connectivity index (χ0v) is 11.7. The number of anilines is 1. The highest BCUT2D eigenvalue weighted by atomic mass is 79.9. The first-order valence-electron chi connectivity index (χ1n) is 5.17. The van der Waals surface area contributed by atoms with Crippen molar-refractivity contribution >= 4 is 33.2 Å². The molecule has 0 unspecified atom stereocenters. The number of hydrogen-bond acceptors (Lipinski definition) is 3. The van der Waals surface area contributed by atoms with Crippen molar-refractivity contribution in [3.8, 4) is 0 Å². The van der Waals surface area contributed by atoms with Crippen molar-refractivity contribution in [2.24, 2.45) is 0 Å². The fourth-order valence-electron chi connectivity index (χ4n) is 1.44. The van der Waals surface area contributed by atoms with Gasteiger partial charge in [-0.05, 0) is 41.9 Å². The molecule has 0 bridgehead atoms. The van der Waals surface area contributed by atoms with E-state index in [0.29, 0.717) is 6.04 Å². The second-order valence-electron chi connectivity index (χ2n) is 3.88. The van der Waals surface area contributed by atoms with Crippen LogP contribution in [-0.4, -0.2) is 15.6 Å². The quantitative estimate of drug-likeness (QED) is 0.935. The van der Waals surface area contributed by atoms with E-state index in [4.69, 9.17) is 0 Å². The summed E-state index contributed by atoms with van der Waals surface area (Å²) >= 11 is 5.23. The highest BCUT2D eigenvalue weighted by Crippen LogP contribution is 2.23. The summed E-state index contributed by atoms with van der Waals surface area (Å²) < 4.78 is 3.29.